The van der Waals surface area contributed by atoms with Crippen LogP contribution >= 0.6 is 15.9 Å². The van der Waals surface area contributed by atoms with E-state index in [9.17, 15) is 9.59 Å². The van der Waals surface area contributed by atoms with E-state index in [1.165, 1.54) is 34.5 Å². The number of anilines is 1. The number of carbonyl (C=O) groups excluding carboxylic acids is 2. The first-order chi connectivity index (χ1) is 10.0. The number of alkyl halides is 1. The number of amides is 1. The number of esters is 1. The first-order valence-electron chi connectivity index (χ1n) is 5.81. The summed E-state index contributed by atoms with van der Waals surface area (Å²) in [5, 5.41) is 2.63. The van der Waals surface area contributed by atoms with Gasteiger partial charge in [0.15, 0.2) is 11.5 Å². The highest BCUT2D eigenvalue weighted by Crippen LogP contribution is 2.45. The van der Waals surface area contributed by atoms with Crippen molar-refractivity contribution in [2.75, 3.05) is 39.1 Å². The minimum Gasteiger partial charge on any atom is -0.493 e. The SMILES string of the molecule is COC(=O)c1cc(OC)c(OC)c(OC)c1NC(=O)CBr. The zero-order valence-electron chi connectivity index (χ0n) is 12.1. The number of hydrogen-bond acceptors (Lipinski definition) is 6. The molecule has 0 atom stereocenters. The molecule has 0 radical (unpaired) electrons. The van der Waals surface area contributed by atoms with E-state index in [2.05, 4.69) is 21.2 Å². The van der Waals surface area contributed by atoms with E-state index in [1.807, 2.05) is 0 Å². The third-order valence-electron chi connectivity index (χ3n) is 2.62. The molecule has 0 spiro atoms. The lowest BCUT2D eigenvalue weighted by Crippen LogP contribution is -2.17. The van der Waals surface area contributed by atoms with Crippen LogP contribution in [0.4, 0.5) is 5.69 Å². The zero-order chi connectivity index (χ0) is 16.0. The molecule has 1 aromatic rings. The molecule has 0 bridgehead atoms. The van der Waals surface area contributed by atoms with Crippen molar-refractivity contribution in [1.82, 2.24) is 0 Å². The molecule has 0 fully saturated rings. The van der Waals surface area contributed by atoms with Gasteiger partial charge in [-0.3, -0.25) is 4.79 Å². The van der Waals surface area contributed by atoms with E-state index in [-0.39, 0.29) is 39.7 Å². The third-order valence-corrected chi connectivity index (χ3v) is 3.13. The summed E-state index contributed by atoms with van der Waals surface area (Å²) in [6, 6.07) is 1.41. The monoisotopic (exact) mass is 361 g/mol. The maximum absolute atomic E-state index is 11.9. The highest BCUT2D eigenvalue weighted by Gasteiger charge is 2.25. The van der Waals surface area contributed by atoms with Gasteiger partial charge in [-0.2, -0.15) is 0 Å². The zero-order valence-corrected chi connectivity index (χ0v) is 13.7. The van der Waals surface area contributed by atoms with Gasteiger partial charge in [-0.1, -0.05) is 15.9 Å². The molecule has 21 heavy (non-hydrogen) atoms. The van der Waals surface area contributed by atoms with Gasteiger partial charge in [0.25, 0.3) is 0 Å². The lowest BCUT2D eigenvalue weighted by Gasteiger charge is -2.18. The summed E-state index contributed by atoms with van der Waals surface area (Å²) >= 11 is 3.04. The summed E-state index contributed by atoms with van der Waals surface area (Å²) in [6.07, 6.45) is 0. The Bertz CT molecular complexity index is 546. The first kappa shape index (κ1) is 17.1. The Morgan fingerprint density at radius 1 is 1.10 bits per heavy atom. The molecule has 0 aliphatic heterocycles. The van der Waals surface area contributed by atoms with Gasteiger partial charge in [0.05, 0.1) is 39.3 Å². The number of benzene rings is 1. The summed E-state index contributed by atoms with van der Waals surface area (Å²) < 4.78 is 20.3. The Kier molecular flexibility index (Phi) is 6.29. The number of rotatable bonds is 6. The van der Waals surface area contributed by atoms with Crippen LogP contribution in [0, 0.1) is 0 Å². The van der Waals surface area contributed by atoms with Crippen LogP contribution in [0.2, 0.25) is 0 Å². The van der Waals surface area contributed by atoms with Gasteiger partial charge < -0.3 is 24.3 Å². The van der Waals surface area contributed by atoms with Gasteiger partial charge in [0.1, 0.15) is 5.69 Å². The molecule has 0 saturated heterocycles. The highest BCUT2D eigenvalue weighted by molar-refractivity contribution is 9.09. The largest absolute Gasteiger partial charge is 0.493 e. The Morgan fingerprint density at radius 2 is 1.71 bits per heavy atom. The second kappa shape index (κ2) is 7.72. The van der Waals surface area contributed by atoms with Crippen LogP contribution in [0.3, 0.4) is 0 Å². The molecule has 0 aromatic heterocycles. The maximum atomic E-state index is 11.9. The molecule has 0 heterocycles. The highest BCUT2D eigenvalue weighted by atomic mass is 79.9. The summed E-state index contributed by atoms with van der Waals surface area (Å²) in [5.74, 6) is -0.277. The molecular weight excluding hydrogens is 346 g/mol. The minimum atomic E-state index is -0.640. The van der Waals surface area contributed by atoms with Crippen LogP contribution in [0.1, 0.15) is 10.4 Å². The van der Waals surface area contributed by atoms with Gasteiger partial charge in [-0.15, -0.1) is 0 Å². The van der Waals surface area contributed by atoms with Gasteiger partial charge in [0, 0.05) is 6.07 Å². The first-order valence-corrected chi connectivity index (χ1v) is 6.93. The van der Waals surface area contributed by atoms with Crippen LogP contribution < -0.4 is 19.5 Å². The van der Waals surface area contributed by atoms with Crippen LogP contribution in [0.25, 0.3) is 0 Å². The van der Waals surface area contributed by atoms with Crippen molar-refractivity contribution in [3.05, 3.63) is 11.6 Å². The van der Waals surface area contributed by atoms with Crippen molar-refractivity contribution in [3.8, 4) is 17.2 Å². The van der Waals surface area contributed by atoms with Crippen LogP contribution in [0.15, 0.2) is 6.07 Å². The number of ether oxygens (including phenoxy) is 4. The normalized spacial score (nSPS) is 9.76. The molecule has 7 nitrogen and oxygen atoms in total. The molecule has 1 aromatic carbocycles. The third kappa shape index (κ3) is 3.57. The van der Waals surface area contributed by atoms with E-state index < -0.39 is 5.97 Å². The van der Waals surface area contributed by atoms with Crippen LogP contribution in [-0.2, 0) is 9.53 Å². The second-order valence-electron chi connectivity index (χ2n) is 3.74. The number of nitrogens with one attached hydrogen (secondary N) is 1. The summed E-state index contributed by atoms with van der Waals surface area (Å²) in [6.45, 7) is 0. The molecule has 1 rings (SSSR count). The number of halogens is 1. The Morgan fingerprint density at radius 3 is 2.14 bits per heavy atom. The maximum Gasteiger partial charge on any atom is 0.340 e. The van der Waals surface area contributed by atoms with Gasteiger partial charge in [0.2, 0.25) is 11.7 Å². The fraction of sp³-hybridized carbons (Fsp3) is 0.385. The fourth-order valence-corrected chi connectivity index (χ4v) is 1.86. The van der Waals surface area contributed by atoms with Crippen molar-refractivity contribution >= 4 is 33.5 Å². The van der Waals surface area contributed by atoms with Crippen LogP contribution in [-0.4, -0.2) is 45.6 Å². The average Bonchev–Trinajstić information content (AvgIpc) is 2.52. The van der Waals surface area contributed by atoms with Gasteiger partial charge in [-0.05, 0) is 0 Å². The molecule has 0 unspecified atom stereocenters. The average molecular weight is 362 g/mol. The lowest BCUT2D eigenvalue weighted by atomic mass is 10.1. The predicted octanol–water partition coefficient (Wildman–Crippen LogP) is 1.83. The van der Waals surface area contributed by atoms with Crippen molar-refractivity contribution in [2.24, 2.45) is 0 Å². The Balaban J connectivity index is 3.59. The molecule has 1 N–H and O–H groups in total. The smallest absolute Gasteiger partial charge is 0.340 e. The fourth-order valence-electron chi connectivity index (χ4n) is 1.72. The second-order valence-corrected chi connectivity index (χ2v) is 4.30. The number of methoxy groups -OCH3 is 4. The lowest BCUT2D eigenvalue weighted by molar-refractivity contribution is -0.113. The van der Waals surface area contributed by atoms with Crippen molar-refractivity contribution in [3.63, 3.8) is 0 Å². The molecule has 116 valence electrons. The van der Waals surface area contributed by atoms with E-state index >= 15 is 0 Å². The predicted molar refractivity (Wildman–Crippen MR) is 79.9 cm³/mol. The van der Waals surface area contributed by atoms with Crippen LogP contribution in [0.5, 0.6) is 17.2 Å². The standard InChI is InChI=1S/C13H16BrNO6/c1-18-8-5-7(13(17)21-4)10(15-9(16)6-14)12(20-3)11(8)19-2/h5H,6H2,1-4H3,(H,15,16). The molecule has 8 heteroatoms. The van der Waals surface area contributed by atoms with Gasteiger partial charge in [-0.25, -0.2) is 4.79 Å². The van der Waals surface area contributed by atoms with E-state index in [4.69, 9.17) is 18.9 Å². The molecular formula is C13H16BrNO6. The van der Waals surface area contributed by atoms with Crippen molar-refractivity contribution < 1.29 is 28.5 Å². The molecule has 0 aliphatic rings. The number of carbonyl (C=O) groups is 2. The van der Waals surface area contributed by atoms with Gasteiger partial charge >= 0.3 is 5.97 Å². The number of hydrogen-bond donors (Lipinski definition) is 1. The molecule has 0 saturated carbocycles. The van der Waals surface area contributed by atoms with E-state index in [0.717, 1.165) is 0 Å². The Hall–Kier alpha value is -1.96. The summed E-state index contributed by atoms with van der Waals surface area (Å²) in [5.41, 5.74) is 0.257. The minimum absolute atomic E-state index is 0.0606. The van der Waals surface area contributed by atoms with E-state index in [0.29, 0.717) is 0 Å². The quantitative estimate of drug-likeness (QED) is 0.614. The summed E-state index contributed by atoms with van der Waals surface area (Å²) in [4.78, 5) is 23.5. The molecule has 0 aliphatic carbocycles. The van der Waals surface area contributed by atoms with Crippen molar-refractivity contribution in [2.45, 2.75) is 0 Å². The van der Waals surface area contributed by atoms with E-state index in [1.54, 1.807) is 0 Å². The topological polar surface area (TPSA) is 83.1 Å². The molecule has 1 amide bonds. The summed E-state index contributed by atoms with van der Waals surface area (Å²) in [7, 11) is 5.48. The Labute approximate surface area is 130 Å². The van der Waals surface area contributed by atoms with Crippen molar-refractivity contribution in [1.29, 1.82) is 0 Å².